The van der Waals surface area contributed by atoms with Crippen LogP contribution in [0.25, 0.3) is 43.9 Å². The molecule has 4 heterocycles. The molecule has 4 N–H and O–H groups in total. The van der Waals surface area contributed by atoms with Gasteiger partial charge in [-0.15, -0.1) is 0 Å². The van der Waals surface area contributed by atoms with Crippen molar-refractivity contribution in [1.29, 1.82) is 0 Å². The number of fused-ring (bicyclic) bond motifs is 6. The fraction of sp³-hybridized carbons (Fsp3) is 0.519. The van der Waals surface area contributed by atoms with Gasteiger partial charge in [-0.3, -0.25) is 4.79 Å². The third-order valence-electron chi connectivity index (χ3n) is 17.8. The standard InChI is InChI=1S/C49H73F4N5O12.C32H35BrN4O4/c1-3-4-9-42-56-46-38-35-37(10-11-41(38)55-49(54)47(46)57-42)8-6-5-7-13-58(2)14-16-61-18-20-63-22-24-65-26-28-67-30-32-69-34-33-68-31-29-66-27-25-64-23-21-62-19-17-60-15-12-43(59)70-48-44(52)39(50)36-40(51)45(48)53;1-6-7-8-29-36-30-31(37(29)19-21-10-13-24(39-3)17-28(21)41-5)25-15-22(33)11-14-26(25)35-32(30)34-18-20-9-12-23(38-2)16-27(20)40-4/h10-11,35-36H,3-9,12-34H2,1-2H3,(H2,54,55)(H,56,57);9-17H,6-8,18-19H2,1-5H3,(H,34,35). The number of carbonyl (C=O) groups is 1. The summed E-state index contributed by atoms with van der Waals surface area (Å²) in [6.07, 6.45) is 10.1. The highest BCUT2D eigenvalue weighted by atomic mass is 79.9. The quantitative estimate of drug-likeness (QED) is 0.0105. The van der Waals surface area contributed by atoms with Gasteiger partial charge in [0.2, 0.25) is 17.4 Å². The van der Waals surface area contributed by atoms with Gasteiger partial charge < -0.3 is 96.6 Å². The number of halogens is 5. The third kappa shape index (κ3) is 28.8. The Morgan fingerprint density at radius 2 is 1.05 bits per heavy atom. The molecule has 0 saturated heterocycles. The van der Waals surface area contributed by atoms with Crippen molar-refractivity contribution in [3.8, 4) is 28.7 Å². The van der Waals surface area contributed by atoms with E-state index in [0.717, 1.165) is 177 Å². The Hall–Kier alpha value is -8.11. The van der Waals surface area contributed by atoms with Crippen LogP contribution in [0, 0.1) is 23.3 Å². The molecule has 4 aromatic heterocycles. The highest BCUT2D eigenvalue weighted by Crippen LogP contribution is 2.37. The molecule has 0 fully saturated rings. The van der Waals surface area contributed by atoms with Crippen LogP contribution in [-0.4, -0.2) is 221 Å². The SMILES string of the molecule is CCCCc1nc2c(NCc3ccc(OC)cc3OC)nc3ccc(Br)cc3c2n1Cc1ccc(OC)cc1OC.CCCCc1nc2c([nH]1)c(N)nc1ccc(CCCCCN(C)CCOCCOCCOCCOCCOCCOCCOCCOCCOCCOCCC(=O)Oc3c(F)c(F)cc(F)c3F)cc12. The lowest BCUT2D eigenvalue weighted by Crippen LogP contribution is -2.25. The molecule has 5 aromatic carbocycles. The van der Waals surface area contributed by atoms with Gasteiger partial charge in [0.15, 0.2) is 17.5 Å². The van der Waals surface area contributed by atoms with E-state index >= 15 is 0 Å². The fourth-order valence-electron chi connectivity index (χ4n) is 11.8. The van der Waals surface area contributed by atoms with E-state index in [4.69, 9.17) is 87.0 Å². The Labute approximate surface area is 655 Å². The predicted octanol–water partition coefficient (Wildman–Crippen LogP) is 13.8. The first-order valence-corrected chi connectivity index (χ1v) is 38.7. The summed E-state index contributed by atoms with van der Waals surface area (Å²) in [5.41, 5.74) is 15.0. The molecule has 9 rings (SSSR count). The highest BCUT2D eigenvalue weighted by Gasteiger charge is 2.25. The molecule has 0 spiro atoms. The van der Waals surface area contributed by atoms with Crippen LogP contribution in [0.4, 0.5) is 29.2 Å². The van der Waals surface area contributed by atoms with E-state index in [1.165, 1.54) is 5.56 Å². The monoisotopic (exact) mass is 1620 g/mol. The number of nitrogens with zero attached hydrogens (tertiary/aromatic N) is 6. The number of hydrogen-bond acceptors (Lipinski definition) is 23. The lowest BCUT2D eigenvalue weighted by Gasteiger charge is -2.16. The van der Waals surface area contributed by atoms with Gasteiger partial charge in [0.25, 0.3) is 0 Å². The van der Waals surface area contributed by atoms with E-state index in [2.05, 4.69) is 96.6 Å². The number of nitrogens with two attached hydrogens (primary N) is 1. The first-order chi connectivity index (χ1) is 54.2. The van der Waals surface area contributed by atoms with Gasteiger partial charge in [0.1, 0.15) is 57.0 Å². The summed E-state index contributed by atoms with van der Waals surface area (Å²) in [7, 11) is 8.80. The van der Waals surface area contributed by atoms with Crippen LogP contribution in [0.1, 0.15) is 93.6 Å². The Morgan fingerprint density at radius 3 is 1.60 bits per heavy atom. The lowest BCUT2D eigenvalue weighted by atomic mass is 10.0. The molecule has 0 radical (unpaired) electrons. The second-order valence-electron chi connectivity index (χ2n) is 25.9. The topological polar surface area (TPSA) is 269 Å². The molecule has 0 aliphatic heterocycles. The summed E-state index contributed by atoms with van der Waals surface area (Å²) in [5, 5.41) is 5.66. The number of esters is 1. The number of pyridine rings is 2. The number of likely N-dealkylation sites (N-methyl/N-ethyl adjacent to an activating group) is 1. The van der Waals surface area contributed by atoms with E-state index < -0.39 is 41.4 Å². The predicted molar refractivity (Wildman–Crippen MR) is 421 cm³/mol. The van der Waals surface area contributed by atoms with Crippen molar-refractivity contribution in [2.75, 3.05) is 192 Å². The molecule has 0 unspecified atom stereocenters. The molecule has 9 aromatic rings. The average Bonchev–Trinajstić information content (AvgIpc) is 1.55. The van der Waals surface area contributed by atoms with Crippen molar-refractivity contribution in [2.45, 2.75) is 97.6 Å². The van der Waals surface area contributed by atoms with Crippen LogP contribution < -0.4 is 34.7 Å². The number of imidazole rings is 2. The number of hydrogen-bond donors (Lipinski definition) is 3. The molecule has 111 heavy (non-hydrogen) atoms. The molecule has 608 valence electrons. The molecule has 0 saturated carbocycles. The minimum Gasteiger partial charge on any atom is -0.497 e. The Bertz CT molecular complexity index is 4250. The minimum absolute atomic E-state index is 0.0204. The van der Waals surface area contributed by atoms with Gasteiger partial charge in [0, 0.05) is 70.5 Å². The summed E-state index contributed by atoms with van der Waals surface area (Å²) in [6, 6.07) is 24.4. The molecular formula is C81H108BrF4N9O16. The van der Waals surface area contributed by atoms with Crippen LogP contribution in [0.3, 0.4) is 0 Å². The second-order valence-corrected chi connectivity index (χ2v) is 26.8. The number of H-pyrrole nitrogens is 1. The minimum atomic E-state index is -1.79. The first kappa shape index (κ1) is 88.5. The van der Waals surface area contributed by atoms with Crippen molar-refractivity contribution >= 4 is 77.4 Å². The molecule has 0 bridgehead atoms. The maximum Gasteiger partial charge on any atom is 0.313 e. The van der Waals surface area contributed by atoms with Gasteiger partial charge in [-0.2, -0.15) is 8.78 Å². The number of nitrogen functional groups attached to an aromatic ring is 1. The number of anilines is 2. The van der Waals surface area contributed by atoms with Gasteiger partial charge in [-0.1, -0.05) is 55.1 Å². The summed E-state index contributed by atoms with van der Waals surface area (Å²) in [5.74, 6) is -3.24. The first-order valence-electron chi connectivity index (χ1n) is 37.9. The van der Waals surface area contributed by atoms with E-state index in [9.17, 15) is 22.4 Å². The zero-order chi connectivity index (χ0) is 79.0. The van der Waals surface area contributed by atoms with Crippen LogP contribution in [0.15, 0.2) is 83.3 Å². The molecule has 0 atom stereocenters. The zero-order valence-electron chi connectivity index (χ0n) is 64.9. The van der Waals surface area contributed by atoms with Crippen LogP contribution >= 0.6 is 15.9 Å². The third-order valence-corrected chi connectivity index (χ3v) is 18.3. The Kier molecular flexibility index (Phi) is 39.4. The number of carbonyl (C=O) groups excluding carboxylic acids is 1. The molecule has 0 aliphatic carbocycles. The number of aromatic nitrogens is 6. The molecular weight excluding hydrogens is 1510 g/mol. The van der Waals surface area contributed by atoms with Crippen molar-refractivity contribution in [3.63, 3.8) is 0 Å². The van der Waals surface area contributed by atoms with Crippen molar-refractivity contribution in [2.24, 2.45) is 0 Å². The smallest absolute Gasteiger partial charge is 0.313 e. The Balaban J connectivity index is 0.000000318. The number of rotatable bonds is 55. The molecule has 0 aliphatic rings. The second kappa shape index (κ2) is 49.4. The molecule has 30 heteroatoms. The normalized spacial score (nSPS) is 11.6. The van der Waals surface area contributed by atoms with Gasteiger partial charge in [0.05, 0.1) is 190 Å². The molecule has 0 amide bonds. The number of aromatic amines is 1. The van der Waals surface area contributed by atoms with E-state index in [0.29, 0.717) is 131 Å². The summed E-state index contributed by atoms with van der Waals surface area (Å²) in [4.78, 5) is 37.1. The largest absolute Gasteiger partial charge is 0.497 e. The van der Waals surface area contributed by atoms with Crippen molar-refractivity contribution in [1.82, 2.24) is 34.4 Å². The van der Waals surface area contributed by atoms with E-state index in [1.54, 1.807) is 28.4 Å². The van der Waals surface area contributed by atoms with Crippen molar-refractivity contribution < 1.29 is 93.4 Å². The molecule has 25 nitrogen and oxygen atoms in total. The highest BCUT2D eigenvalue weighted by molar-refractivity contribution is 9.10. The van der Waals surface area contributed by atoms with Gasteiger partial charge in [-0.25, -0.2) is 28.7 Å². The maximum atomic E-state index is 13.6. The average molecular weight is 1620 g/mol. The fourth-order valence-corrected chi connectivity index (χ4v) is 12.2. The zero-order valence-corrected chi connectivity index (χ0v) is 66.5. The van der Waals surface area contributed by atoms with Crippen LogP contribution in [0.2, 0.25) is 0 Å². The number of unbranched alkanes of at least 4 members (excludes halogenated alkanes) is 4. The number of nitrogens with one attached hydrogen (secondary N) is 2. The number of benzene rings is 5. The van der Waals surface area contributed by atoms with Crippen LogP contribution in [-0.2, 0) is 84.5 Å². The lowest BCUT2D eigenvalue weighted by molar-refractivity contribution is -0.136. The van der Waals surface area contributed by atoms with Crippen LogP contribution in [0.5, 0.6) is 28.7 Å². The van der Waals surface area contributed by atoms with Crippen molar-refractivity contribution in [3.05, 3.63) is 135 Å². The van der Waals surface area contributed by atoms with E-state index in [1.807, 2.05) is 42.5 Å². The van der Waals surface area contributed by atoms with Gasteiger partial charge in [-0.05, 0) is 106 Å². The number of ether oxygens (including phenoxy) is 15. The Morgan fingerprint density at radius 1 is 0.523 bits per heavy atom. The number of aryl methyl sites for hydroxylation is 3. The van der Waals surface area contributed by atoms with E-state index in [-0.39, 0.29) is 25.9 Å². The summed E-state index contributed by atoms with van der Waals surface area (Å²) >= 11 is 3.67. The summed E-state index contributed by atoms with van der Waals surface area (Å²) in [6.45, 7) is 15.3. The number of methoxy groups -OCH3 is 4. The summed E-state index contributed by atoms with van der Waals surface area (Å²) < 4.78 is 138. The maximum absolute atomic E-state index is 13.6. The van der Waals surface area contributed by atoms with Gasteiger partial charge >= 0.3 is 5.97 Å².